The zero-order valence-electron chi connectivity index (χ0n) is 13.3. The van der Waals surface area contributed by atoms with Crippen molar-refractivity contribution in [1.29, 1.82) is 0 Å². The van der Waals surface area contributed by atoms with Crippen molar-refractivity contribution in [3.8, 4) is 16.9 Å². The van der Waals surface area contributed by atoms with E-state index in [0.717, 1.165) is 54.0 Å². The number of H-pyrrole nitrogens is 1. The van der Waals surface area contributed by atoms with E-state index in [-0.39, 0.29) is 6.10 Å². The lowest BCUT2D eigenvalue weighted by atomic mass is 10.1. The van der Waals surface area contributed by atoms with Gasteiger partial charge >= 0.3 is 0 Å². The fourth-order valence-corrected chi connectivity index (χ4v) is 4.87. The summed E-state index contributed by atoms with van der Waals surface area (Å²) >= 11 is 14.1. The molecule has 0 radical (unpaired) electrons. The van der Waals surface area contributed by atoms with Gasteiger partial charge in [0.05, 0.1) is 10.2 Å². The molecule has 3 nitrogen and oxygen atoms in total. The molecule has 3 aromatic rings. The number of ether oxygens (including phenoxy) is 1. The zero-order chi connectivity index (χ0) is 16.7. The molecule has 0 bridgehead atoms. The molecule has 126 valence electrons. The molecule has 2 N–H and O–H groups in total. The summed E-state index contributed by atoms with van der Waals surface area (Å²) in [5, 5.41) is 6.76. The maximum atomic E-state index is 6.25. The van der Waals surface area contributed by atoms with Gasteiger partial charge in [0.2, 0.25) is 0 Å². The fraction of sp³-hybridized carbons (Fsp3) is 0.333. The number of rotatable bonds is 3. The van der Waals surface area contributed by atoms with E-state index in [4.69, 9.17) is 27.9 Å². The fourth-order valence-electron chi connectivity index (χ4n) is 3.29. The third-order valence-electron chi connectivity index (χ3n) is 4.40. The Balaban J connectivity index is 1.74. The standard InChI is InChI=1S/C18H18Cl2N2OS/c1-10-16(11-6-12(19)8-13(20)7-11)18-17(22-10)15(9-24-18)23-14-2-4-21-5-3-14/h6-9,14,21-22H,2-5H2,1H3. The average Bonchev–Trinajstić information content (AvgIpc) is 3.06. The highest BCUT2D eigenvalue weighted by Crippen LogP contribution is 2.42. The summed E-state index contributed by atoms with van der Waals surface area (Å²) in [5.41, 5.74) is 4.36. The van der Waals surface area contributed by atoms with Crippen LogP contribution in [-0.4, -0.2) is 24.2 Å². The molecule has 0 aliphatic carbocycles. The Labute approximate surface area is 154 Å². The Bertz CT molecular complexity index is 860. The molecule has 1 saturated heterocycles. The van der Waals surface area contributed by atoms with Crippen molar-refractivity contribution in [3.63, 3.8) is 0 Å². The SMILES string of the molecule is Cc1[nH]c2c(OC3CCNCC3)csc2c1-c1cc(Cl)cc(Cl)c1. The van der Waals surface area contributed by atoms with Crippen molar-refractivity contribution < 1.29 is 4.74 Å². The van der Waals surface area contributed by atoms with E-state index >= 15 is 0 Å². The van der Waals surface area contributed by atoms with Gasteiger partial charge < -0.3 is 15.0 Å². The number of aromatic amines is 1. The van der Waals surface area contributed by atoms with Gasteiger partial charge in [-0.2, -0.15) is 0 Å². The summed E-state index contributed by atoms with van der Waals surface area (Å²) in [6.07, 6.45) is 2.39. The number of halogens is 2. The summed E-state index contributed by atoms with van der Waals surface area (Å²) in [6, 6.07) is 5.66. The number of aryl methyl sites for hydroxylation is 1. The molecule has 1 aromatic carbocycles. The molecule has 6 heteroatoms. The van der Waals surface area contributed by atoms with Crippen LogP contribution in [-0.2, 0) is 0 Å². The van der Waals surface area contributed by atoms with Crippen LogP contribution in [0.5, 0.6) is 5.75 Å². The second-order valence-electron chi connectivity index (χ2n) is 6.15. The Hall–Kier alpha value is -1.20. The summed E-state index contributed by atoms with van der Waals surface area (Å²) in [5.74, 6) is 0.948. The van der Waals surface area contributed by atoms with Gasteiger partial charge in [0, 0.05) is 26.7 Å². The van der Waals surface area contributed by atoms with Gasteiger partial charge in [-0.05, 0) is 56.6 Å². The van der Waals surface area contributed by atoms with E-state index in [1.807, 2.05) is 12.1 Å². The van der Waals surface area contributed by atoms with Crippen LogP contribution in [0.1, 0.15) is 18.5 Å². The lowest BCUT2D eigenvalue weighted by molar-refractivity contribution is 0.165. The Morgan fingerprint density at radius 3 is 2.54 bits per heavy atom. The molecular weight excluding hydrogens is 363 g/mol. The van der Waals surface area contributed by atoms with Gasteiger partial charge in [0.15, 0.2) is 5.75 Å². The number of aromatic nitrogens is 1. The Kier molecular flexibility index (Phi) is 4.48. The summed E-state index contributed by atoms with van der Waals surface area (Å²) < 4.78 is 7.44. The van der Waals surface area contributed by atoms with E-state index in [9.17, 15) is 0 Å². The third kappa shape index (κ3) is 3.04. The Morgan fingerprint density at radius 2 is 1.83 bits per heavy atom. The van der Waals surface area contributed by atoms with Gasteiger partial charge in [-0.3, -0.25) is 0 Å². The second kappa shape index (κ2) is 6.60. The van der Waals surface area contributed by atoms with Gasteiger partial charge in [0.25, 0.3) is 0 Å². The van der Waals surface area contributed by atoms with Crippen LogP contribution in [0.25, 0.3) is 21.3 Å². The first-order valence-electron chi connectivity index (χ1n) is 8.05. The third-order valence-corrected chi connectivity index (χ3v) is 5.82. The molecule has 1 aliphatic heterocycles. The number of nitrogens with one attached hydrogen (secondary N) is 2. The van der Waals surface area contributed by atoms with Crippen LogP contribution in [0, 0.1) is 6.92 Å². The van der Waals surface area contributed by atoms with Crippen LogP contribution in [0.15, 0.2) is 23.6 Å². The summed E-state index contributed by atoms with van der Waals surface area (Å²) in [6.45, 7) is 4.12. The maximum Gasteiger partial charge on any atom is 0.154 e. The van der Waals surface area contributed by atoms with E-state index in [1.54, 1.807) is 17.4 Å². The molecule has 1 fully saturated rings. The highest BCUT2D eigenvalue weighted by molar-refractivity contribution is 7.18. The topological polar surface area (TPSA) is 37.0 Å². The highest BCUT2D eigenvalue weighted by Gasteiger charge is 2.20. The monoisotopic (exact) mass is 380 g/mol. The van der Waals surface area contributed by atoms with Crippen molar-refractivity contribution in [2.24, 2.45) is 0 Å². The summed E-state index contributed by atoms with van der Waals surface area (Å²) in [7, 11) is 0. The Morgan fingerprint density at radius 1 is 1.12 bits per heavy atom. The largest absolute Gasteiger partial charge is 0.487 e. The number of hydrogen-bond donors (Lipinski definition) is 2. The van der Waals surface area contributed by atoms with Crippen molar-refractivity contribution in [3.05, 3.63) is 39.3 Å². The van der Waals surface area contributed by atoms with Crippen molar-refractivity contribution in [2.45, 2.75) is 25.9 Å². The number of hydrogen-bond acceptors (Lipinski definition) is 3. The number of benzene rings is 1. The lowest BCUT2D eigenvalue weighted by Gasteiger charge is -2.23. The van der Waals surface area contributed by atoms with Gasteiger partial charge in [0.1, 0.15) is 6.10 Å². The molecule has 3 heterocycles. The first-order chi connectivity index (χ1) is 11.6. The van der Waals surface area contributed by atoms with E-state index in [0.29, 0.717) is 10.0 Å². The number of piperidine rings is 1. The molecule has 0 saturated carbocycles. The minimum Gasteiger partial charge on any atom is -0.487 e. The number of fused-ring (bicyclic) bond motifs is 1. The average molecular weight is 381 g/mol. The molecular formula is C18H18Cl2N2OS. The van der Waals surface area contributed by atoms with Crippen LogP contribution in [0.3, 0.4) is 0 Å². The van der Waals surface area contributed by atoms with E-state index < -0.39 is 0 Å². The van der Waals surface area contributed by atoms with Crippen LogP contribution < -0.4 is 10.1 Å². The molecule has 4 rings (SSSR count). The predicted molar refractivity (Wildman–Crippen MR) is 103 cm³/mol. The van der Waals surface area contributed by atoms with Crippen LogP contribution in [0.4, 0.5) is 0 Å². The minimum absolute atomic E-state index is 0.289. The summed E-state index contributed by atoms with van der Waals surface area (Å²) in [4.78, 5) is 3.49. The van der Waals surface area contributed by atoms with Gasteiger partial charge in [-0.15, -0.1) is 11.3 Å². The first kappa shape index (κ1) is 16.3. The molecule has 0 atom stereocenters. The van der Waals surface area contributed by atoms with Gasteiger partial charge in [-0.25, -0.2) is 0 Å². The minimum atomic E-state index is 0.289. The first-order valence-corrected chi connectivity index (χ1v) is 9.69. The number of thiophene rings is 1. The van der Waals surface area contributed by atoms with Crippen molar-refractivity contribution in [1.82, 2.24) is 10.3 Å². The van der Waals surface area contributed by atoms with Crippen LogP contribution in [0.2, 0.25) is 10.0 Å². The zero-order valence-corrected chi connectivity index (χ0v) is 15.6. The smallest absolute Gasteiger partial charge is 0.154 e. The molecule has 2 aromatic heterocycles. The molecule has 24 heavy (non-hydrogen) atoms. The van der Waals surface area contributed by atoms with Gasteiger partial charge in [-0.1, -0.05) is 23.2 Å². The van der Waals surface area contributed by atoms with Crippen molar-refractivity contribution in [2.75, 3.05) is 13.1 Å². The molecule has 1 aliphatic rings. The lowest BCUT2D eigenvalue weighted by Crippen LogP contribution is -2.34. The molecule has 0 spiro atoms. The highest BCUT2D eigenvalue weighted by atomic mass is 35.5. The van der Waals surface area contributed by atoms with E-state index in [1.165, 1.54) is 4.70 Å². The molecule has 0 unspecified atom stereocenters. The van der Waals surface area contributed by atoms with Crippen LogP contribution >= 0.6 is 34.5 Å². The van der Waals surface area contributed by atoms with E-state index in [2.05, 4.69) is 22.6 Å². The predicted octanol–water partition coefficient (Wildman–Crippen LogP) is 5.64. The molecule has 0 amide bonds. The second-order valence-corrected chi connectivity index (χ2v) is 7.91. The quantitative estimate of drug-likeness (QED) is 0.616. The van der Waals surface area contributed by atoms with Crippen molar-refractivity contribution >= 4 is 44.8 Å². The normalized spacial score (nSPS) is 16.0. The maximum absolute atomic E-state index is 6.25.